The number of nitrogens with one attached hydrogen (secondary N) is 1. The predicted octanol–water partition coefficient (Wildman–Crippen LogP) is 3.69. The van der Waals surface area contributed by atoms with Gasteiger partial charge in [0.05, 0.1) is 11.9 Å². The molecule has 2 rings (SSSR count). The van der Waals surface area contributed by atoms with Crippen LogP contribution >= 0.6 is 11.6 Å². The lowest BCUT2D eigenvalue weighted by Crippen LogP contribution is -2.34. The molecule has 7 heteroatoms. The summed E-state index contributed by atoms with van der Waals surface area (Å²) >= 11 is 6.08. The highest BCUT2D eigenvalue weighted by Crippen LogP contribution is 2.32. The largest absolute Gasteiger partial charge is 0.473 e. The Balaban J connectivity index is 1.91. The van der Waals surface area contributed by atoms with E-state index in [1.54, 1.807) is 32.9 Å². The number of aryl methyl sites for hydroxylation is 1. The standard InChI is InChI=1S/C15H19ClN2O4/c1-9-10(16)5-6-11-12(9)13(18-22-11)20-8-7-17-14(19)21-15(2,3)4/h5-6H,7-8H2,1-4H3,(H,17,19). The van der Waals surface area contributed by atoms with Crippen LogP contribution in [0.15, 0.2) is 16.7 Å². The first kappa shape index (κ1) is 16.4. The SMILES string of the molecule is Cc1c(Cl)ccc2onc(OCCNC(=O)OC(C)(C)C)c12. The maximum atomic E-state index is 11.5. The molecule has 1 heterocycles. The molecule has 6 nitrogen and oxygen atoms in total. The highest BCUT2D eigenvalue weighted by atomic mass is 35.5. The second-order valence-corrected chi connectivity index (χ2v) is 6.22. The van der Waals surface area contributed by atoms with E-state index < -0.39 is 11.7 Å². The molecule has 0 saturated carbocycles. The van der Waals surface area contributed by atoms with Gasteiger partial charge in [0.2, 0.25) is 0 Å². The van der Waals surface area contributed by atoms with Crippen molar-refractivity contribution in [2.24, 2.45) is 0 Å². The summed E-state index contributed by atoms with van der Waals surface area (Å²) < 4.78 is 15.8. The molecule has 1 aromatic heterocycles. The predicted molar refractivity (Wildman–Crippen MR) is 83.5 cm³/mol. The Labute approximate surface area is 133 Å². The number of carbonyl (C=O) groups is 1. The summed E-state index contributed by atoms with van der Waals surface area (Å²) in [6.45, 7) is 7.81. The van der Waals surface area contributed by atoms with E-state index in [4.69, 9.17) is 25.6 Å². The third-order valence-corrected chi connectivity index (χ3v) is 3.22. The summed E-state index contributed by atoms with van der Waals surface area (Å²) in [7, 11) is 0. The number of hydrogen-bond acceptors (Lipinski definition) is 5. The molecular formula is C15H19ClN2O4. The van der Waals surface area contributed by atoms with Gasteiger partial charge < -0.3 is 19.3 Å². The Kier molecular flexibility index (Phi) is 4.81. The van der Waals surface area contributed by atoms with Crippen molar-refractivity contribution in [3.8, 4) is 5.88 Å². The Morgan fingerprint density at radius 1 is 1.41 bits per heavy atom. The fourth-order valence-electron chi connectivity index (χ4n) is 1.85. The van der Waals surface area contributed by atoms with Crippen molar-refractivity contribution in [3.05, 3.63) is 22.7 Å². The number of alkyl carbamates (subject to hydrolysis) is 1. The highest BCUT2D eigenvalue weighted by Gasteiger charge is 2.16. The first-order valence-electron chi connectivity index (χ1n) is 6.92. The molecule has 1 amide bonds. The highest BCUT2D eigenvalue weighted by molar-refractivity contribution is 6.32. The molecule has 1 aromatic carbocycles. The number of amides is 1. The summed E-state index contributed by atoms with van der Waals surface area (Å²) in [5.41, 5.74) is 0.925. The van der Waals surface area contributed by atoms with Gasteiger partial charge in [-0.05, 0) is 50.5 Å². The van der Waals surface area contributed by atoms with Crippen molar-refractivity contribution < 1.29 is 18.8 Å². The van der Waals surface area contributed by atoms with Crippen LogP contribution in [-0.4, -0.2) is 30.0 Å². The minimum atomic E-state index is -0.527. The van der Waals surface area contributed by atoms with Crippen LogP contribution in [0.1, 0.15) is 26.3 Å². The normalized spacial score (nSPS) is 11.5. The first-order chi connectivity index (χ1) is 10.3. The first-order valence-corrected chi connectivity index (χ1v) is 7.30. The van der Waals surface area contributed by atoms with Crippen molar-refractivity contribution in [3.63, 3.8) is 0 Å². The third kappa shape index (κ3) is 4.04. The lowest BCUT2D eigenvalue weighted by atomic mass is 10.1. The van der Waals surface area contributed by atoms with E-state index in [0.717, 1.165) is 10.9 Å². The number of benzene rings is 1. The van der Waals surface area contributed by atoms with Crippen LogP contribution in [0.3, 0.4) is 0 Å². The van der Waals surface area contributed by atoms with Crippen molar-refractivity contribution >= 4 is 28.7 Å². The van der Waals surface area contributed by atoms with Crippen LogP contribution in [0.5, 0.6) is 5.88 Å². The van der Waals surface area contributed by atoms with E-state index in [9.17, 15) is 4.79 Å². The fourth-order valence-corrected chi connectivity index (χ4v) is 2.01. The van der Waals surface area contributed by atoms with Crippen LogP contribution in [-0.2, 0) is 4.74 Å². The third-order valence-electron chi connectivity index (χ3n) is 2.81. The number of carbonyl (C=O) groups excluding carboxylic acids is 1. The Morgan fingerprint density at radius 2 is 2.14 bits per heavy atom. The molecule has 0 aliphatic heterocycles. The molecule has 0 atom stereocenters. The second kappa shape index (κ2) is 6.44. The molecule has 0 fully saturated rings. The maximum absolute atomic E-state index is 11.5. The summed E-state index contributed by atoms with van der Waals surface area (Å²) in [6.07, 6.45) is -0.486. The van der Waals surface area contributed by atoms with Gasteiger partial charge in [-0.25, -0.2) is 4.79 Å². The number of fused-ring (bicyclic) bond motifs is 1. The number of rotatable bonds is 4. The molecule has 120 valence electrons. The van der Waals surface area contributed by atoms with Crippen molar-refractivity contribution in [1.29, 1.82) is 0 Å². The van der Waals surface area contributed by atoms with Gasteiger partial charge >= 0.3 is 6.09 Å². The lowest BCUT2D eigenvalue weighted by Gasteiger charge is -2.19. The van der Waals surface area contributed by atoms with Crippen LogP contribution in [0.2, 0.25) is 5.02 Å². The number of nitrogens with zero attached hydrogens (tertiary/aromatic N) is 1. The van der Waals surface area contributed by atoms with Crippen molar-refractivity contribution in [1.82, 2.24) is 10.5 Å². The number of aromatic nitrogens is 1. The van der Waals surface area contributed by atoms with Gasteiger partial charge in [-0.3, -0.25) is 0 Å². The van der Waals surface area contributed by atoms with E-state index in [0.29, 0.717) is 23.0 Å². The summed E-state index contributed by atoms with van der Waals surface area (Å²) in [6, 6.07) is 3.49. The Hall–Kier alpha value is -1.95. The monoisotopic (exact) mass is 326 g/mol. The minimum Gasteiger partial charge on any atom is -0.473 e. The topological polar surface area (TPSA) is 73.6 Å². The van der Waals surface area contributed by atoms with Crippen LogP contribution in [0, 0.1) is 6.92 Å². The van der Waals surface area contributed by atoms with Gasteiger partial charge in [-0.2, -0.15) is 0 Å². The van der Waals surface area contributed by atoms with Gasteiger partial charge in [0.15, 0.2) is 5.58 Å². The van der Waals surface area contributed by atoms with E-state index in [-0.39, 0.29) is 6.61 Å². The fraction of sp³-hybridized carbons (Fsp3) is 0.467. The molecule has 22 heavy (non-hydrogen) atoms. The number of ether oxygens (including phenoxy) is 2. The molecule has 1 N–H and O–H groups in total. The maximum Gasteiger partial charge on any atom is 0.407 e. The zero-order valence-electron chi connectivity index (χ0n) is 13.0. The van der Waals surface area contributed by atoms with Gasteiger partial charge in [0.1, 0.15) is 12.2 Å². The van der Waals surface area contributed by atoms with E-state index in [1.807, 2.05) is 6.92 Å². The molecule has 0 aliphatic rings. The smallest absolute Gasteiger partial charge is 0.407 e. The zero-order valence-corrected chi connectivity index (χ0v) is 13.8. The quantitative estimate of drug-likeness (QED) is 0.867. The molecular weight excluding hydrogens is 308 g/mol. The average molecular weight is 327 g/mol. The molecule has 0 radical (unpaired) electrons. The van der Waals surface area contributed by atoms with Gasteiger partial charge in [-0.15, -0.1) is 0 Å². The average Bonchev–Trinajstić information content (AvgIpc) is 2.81. The van der Waals surface area contributed by atoms with Crippen LogP contribution < -0.4 is 10.1 Å². The zero-order chi connectivity index (χ0) is 16.3. The van der Waals surface area contributed by atoms with E-state index in [2.05, 4.69) is 10.5 Å². The van der Waals surface area contributed by atoms with E-state index in [1.165, 1.54) is 0 Å². The molecule has 0 spiro atoms. The molecule has 0 saturated heterocycles. The Bertz CT molecular complexity index is 676. The molecule has 0 bridgehead atoms. The summed E-state index contributed by atoms with van der Waals surface area (Å²) in [5, 5.41) is 7.84. The van der Waals surface area contributed by atoms with Crippen LogP contribution in [0.4, 0.5) is 4.79 Å². The summed E-state index contributed by atoms with van der Waals surface area (Å²) in [4.78, 5) is 11.5. The molecule has 2 aromatic rings. The minimum absolute atomic E-state index is 0.243. The lowest BCUT2D eigenvalue weighted by molar-refractivity contribution is 0.0520. The van der Waals surface area contributed by atoms with E-state index >= 15 is 0 Å². The van der Waals surface area contributed by atoms with Gasteiger partial charge in [-0.1, -0.05) is 11.6 Å². The van der Waals surface area contributed by atoms with Gasteiger partial charge in [0.25, 0.3) is 5.88 Å². The molecule has 0 unspecified atom stereocenters. The van der Waals surface area contributed by atoms with Crippen molar-refractivity contribution in [2.75, 3.05) is 13.2 Å². The number of halogens is 1. The van der Waals surface area contributed by atoms with Gasteiger partial charge in [0, 0.05) is 5.02 Å². The van der Waals surface area contributed by atoms with Crippen LogP contribution in [0.25, 0.3) is 11.0 Å². The second-order valence-electron chi connectivity index (χ2n) is 5.81. The summed E-state index contributed by atoms with van der Waals surface area (Å²) in [5.74, 6) is 0.362. The van der Waals surface area contributed by atoms with Crippen molar-refractivity contribution in [2.45, 2.75) is 33.3 Å². The molecule has 0 aliphatic carbocycles. The number of hydrogen-bond donors (Lipinski definition) is 1. The Morgan fingerprint density at radius 3 is 2.82 bits per heavy atom.